The van der Waals surface area contributed by atoms with Crippen molar-refractivity contribution in [1.29, 1.82) is 0 Å². The maximum absolute atomic E-state index is 6.57. The zero-order valence-corrected chi connectivity index (χ0v) is 31.2. The number of para-hydroxylation sites is 2. The van der Waals surface area contributed by atoms with Gasteiger partial charge in [-0.3, -0.25) is 0 Å². The van der Waals surface area contributed by atoms with Crippen LogP contribution in [0.2, 0.25) is 0 Å². The molecule has 0 bridgehead atoms. The van der Waals surface area contributed by atoms with E-state index in [2.05, 4.69) is 126 Å². The molecule has 0 fully saturated rings. The summed E-state index contributed by atoms with van der Waals surface area (Å²) in [4.78, 5) is 15.0. The van der Waals surface area contributed by atoms with Gasteiger partial charge in [-0.05, 0) is 71.8 Å². The first-order valence-corrected chi connectivity index (χ1v) is 19.8. The van der Waals surface area contributed by atoms with Crippen LogP contribution in [0.4, 0.5) is 0 Å². The molecule has 0 aliphatic carbocycles. The monoisotopic (exact) mass is 746 g/mol. The van der Waals surface area contributed by atoms with E-state index in [0.29, 0.717) is 17.5 Å². The third kappa shape index (κ3) is 5.12. The van der Waals surface area contributed by atoms with E-state index in [1.165, 1.54) is 47.5 Å². The van der Waals surface area contributed by atoms with Crippen LogP contribution in [-0.2, 0) is 0 Å². The molecule has 4 heterocycles. The van der Waals surface area contributed by atoms with Crippen molar-refractivity contribution in [1.82, 2.24) is 19.5 Å². The van der Waals surface area contributed by atoms with Crippen LogP contribution in [0, 0.1) is 0 Å². The van der Waals surface area contributed by atoms with Crippen molar-refractivity contribution in [3.05, 3.63) is 182 Å². The molecule has 0 amide bonds. The molecule has 0 aliphatic rings. The van der Waals surface area contributed by atoms with Gasteiger partial charge in [-0.1, -0.05) is 115 Å². The van der Waals surface area contributed by atoms with Crippen LogP contribution < -0.4 is 0 Å². The molecule has 6 heteroatoms. The topological polar surface area (TPSA) is 56.7 Å². The highest BCUT2D eigenvalue weighted by molar-refractivity contribution is 7.26. The van der Waals surface area contributed by atoms with E-state index in [1.807, 2.05) is 72.0 Å². The van der Waals surface area contributed by atoms with Gasteiger partial charge in [0.1, 0.15) is 11.2 Å². The van der Waals surface area contributed by atoms with Gasteiger partial charge in [-0.25, -0.2) is 15.0 Å². The molecule has 12 aromatic rings. The Hall–Kier alpha value is -7.41. The second-order valence-electron chi connectivity index (χ2n) is 14.4. The number of thiophene rings is 1. The highest BCUT2D eigenvalue weighted by Crippen LogP contribution is 2.43. The summed E-state index contributed by atoms with van der Waals surface area (Å²) in [6.45, 7) is 0. The predicted octanol–water partition coefficient (Wildman–Crippen LogP) is 13.9. The van der Waals surface area contributed by atoms with Gasteiger partial charge < -0.3 is 8.98 Å². The summed E-state index contributed by atoms with van der Waals surface area (Å²) in [7, 11) is 0. The molecule has 0 radical (unpaired) electrons. The number of rotatable bonds is 5. The maximum Gasteiger partial charge on any atom is 0.164 e. The highest BCUT2D eigenvalue weighted by atomic mass is 32.1. The van der Waals surface area contributed by atoms with Crippen LogP contribution in [0.5, 0.6) is 0 Å². The Bertz CT molecular complexity index is 3420. The third-order valence-corrected chi connectivity index (χ3v) is 12.2. The van der Waals surface area contributed by atoms with Gasteiger partial charge in [0.05, 0.1) is 11.0 Å². The van der Waals surface area contributed by atoms with Gasteiger partial charge in [-0.2, -0.15) is 0 Å². The van der Waals surface area contributed by atoms with Crippen LogP contribution in [-0.4, -0.2) is 19.5 Å². The molecule has 57 heavy (non-hydrogen) atoms. The van der Waals surface area contributed by atoms with Crippen molar-refractivity contribution in [2.45, 2.75) is 0 Å². The first-order valence-electron chi connectivity index (χ1n) is 19.0. The van der Waals surface area contributed by atoms with Gasteiger partial charge in [0.2, 0.25) is 0 Å². The van der Waals surface area contributed by atoms with E-state index in [0.717, 1.165) is 49.9 Å². The molecule has 0 unspecified atom stereocenters. The molecular weight excluding hydrogens is 717 g/mol. The van der Waals surface area contributed by atoms with Crippen molar-refractivity contribution in [2.75, 3.05) is 0 Å². The second-order valence-corrected chi connectivity index (χ2v) is 15.5. The van der Waals surface area contributed by atoms with Gasteiger partial charge in [0.25, 0.3) is 0 Å². The smallest absolute Gasteiger partial charge is 0.164 e. The first kappa shape index (κ1) is 31.9. The summed E-state index contributed by atoms with van der Waals surface area (Å²) < 4.78 is 11.4. The van der Waals surface area contributed by atoms with E-state index >= 15 is 0 Å². The van der Waals surface area contributed by atoms with Gasteiger partial charge in [0, 0.05) is 70.2 Å². The standard InChI is InChI=1S/C51H30N4OS/c1-3-12-31(13-4-1)49-52-50(32-14-5-2-6-15-32)54-51(53-49)34-23-27-46-41(29-34)48-36(18-11-21-47(48)57-46)33-22-26-44-40(28-33)39-25-24-35(30-45(39)56-44)55-42-19-9-7-16-37(42)38-17-8-10-20-43(38)55/h1-30H. The number of nitrogens with zero attached hydrogens (tertiary/aromatic N) is 4. The number of fused-ring (bicyclic) bond motifs is 9. The minimum atomic E-state index is 0.646. The zero-order chi connectivity index (χ0) is 37.5. The Morgan fingerprint density at radius 2 is 1.00 bits per heavy atom. The van der Waals surface area contributed by atoms with E-state index in [9.17, 15) is 0 Å². The molecule has 8 aromatic carbocycles. The lowest BCUT2D eigenvalue weighted by atomic mass is 9.97. The highest BCUT2D eigenvalue weighted by Gasteiger charge is 2.18. The van der Waals surface area contributed by atoms with Crippen LogP contribution in [0.25, 0.3) is 115 Å². The molecule has 0 spiro atoms. The number of hydrogen-bond acceptors (Lipinski definition) is 5. The van der Waals surface area contributed by atoms with Crippen LogP contribution in [0.3, 0.4) is 0 Å². The fraction of sp³-hybridized carbons (Fsp3) is 0. The molecule has 0 saturated carbocycles. The first-order chi connectivity index (χ1) is 28.2. The predicted molar refractivity (Wildman–Crippen MR) is 236 cm³/mol. The minimum absolute atomic E-state index is 0.646. The van der Waals surface area contributed by atoms with Crippen LogP contribution >= 0.6 is 11.3 Å². The maximum atomic E-state index is 6.57. The lowest BCUT2D eigenvalue weighted by Crippen LogP contribution is -2.00. The van der Waals surface area contributed by atoms with Crippen molar-refractivity contribution in [2.24, 2.45) is 0 Å². The van der Waals surface area contributed by atoms with Crippen LogP contribution in [0.15, 0.2) is 186 Å². The normalized spacial score (nSPS) is 11.9. The van der Waals surface area contributed by atoms with Crippen molar-refractivity contribution in [3.63, 3.8) is 0 Å². The van der Waals surface area contributed by atoms with Gasteiger partial charge in [0.15, 0.2) is 17.5 Å². The summed E-state index contributed by atoms with van der Waals surface area (Å²) in [6.07, 6.45) is 0. The molecule has 0 N–H and O–H groups in total. The average molecular weight is 747 g/mol. The zero-order valence-electron chi connectivity index (χ0n) is 30.4. The number of furan rings is 1. The molecule has 0 saturated heterocycles. The van der Waals surface area contributed by atoms with E-state index < -0.39 is 0 Å². The van der Waals surface area contributed by atoms with E-state index in [-0.39, 0.29) is 0 Å². The van der Waals surface area contributed by atoms with E-state index in [1.54, 1.807) is 0 Å². The number of benzene rings is 8. The molecule has 0 atom stereocenters. The summed E-state index contributed by atoms with van der Waals surface area (Å²) in [5.41, 5.74) is 10.4. The summed E-state index contributed by atoms with van der Waals surface area (Å²) >= 11 is 1.81. The number of hydrogen-bond donors (Lipinski definition) is 0. The Kier molecular flexibility index (Phi) is 7.03. The number of aromatic nitrogens is 4. The molecule has 5 nitrogen and oxygen atoms in total. The Balaban J connectivity index is 0.994. The van der Waals surface area contributed by atoms with E-state index in [4.69, 9.17) is 19.4 Å². The van der Waals surface area contributed by atoms with Crippen molar-refractivity contribution in [3.8, 4) is 51.0 Å². The average Bonchev–Trinajstić information content (AvgIpc) is 3.95. The fourth-order valence-corrected chi connectivity index (χ4v) is 9.53. The van der Waals surface area contributed by atoms with Gasteiger partial charge >= 0.3 is 0 Å². The molecular formula is C51H30N4OS. The fourth-order valence-electron chi connectivity index (χ4n) is 8.42. The SMILES string of the molecule is c1ccc(-c2nc(-c3ccccc3)nc(-c3ccc4sc5cccc(-c6ccc7oc8cc(-n9c%10ccccc%10c%10ccccc%109)ccc8c7c6)c5c4c3)n2)cc1. The Morgan fingerprint density at radius 3 is 1.70 bits per heavy atom. The largest absolute Gasteiger partial charge is 0.456 e. The van der Waals surface area contributed by atoms with Crippen molar-refractivity contribution >= 4 is 75.3 Å². The second kappa shape index (κ2) is 12.6. The third-order valence-electron chi connectivity index (χ3n) is 11.1. The lowest BCUT2D eigenvalue weighted by Gasteiger charge is -2.09. The molecule has 0 aliphatic heterocycles. The van der Waals surface area contributed by atoms with Crippen LogP contribution in [0.1, 0.15) is 0 Å². The quantitative estimate of drug-likeness (QED) is 0.176. The Labute approximate surface area is 330 Å². The lowest BCUT2D eigenvalue weighted by molar-refractivity contribution is 0.668. The molecule has 12 rings (SSSR count). The summed E-state index contributed by atoms with van der Waals surface area (Å²) in [6, 6.07) is 63.8. The Morgan fingerprint density at radius 1 is 0.386 bits per heavy atom. The minimum Gasteiger partial charge on any atom is -0.456 e. The van der Waals surface area contributed by atoms with Gasteiger partial charge in [-0.15, -0.1) is 11.3 Å². The molecule has 4 aromatic heterocycles. The summed E-state index contributed by atoms with van der Waals surface area (Å²) in [5.74, 6) is 1.95. The van der Waals surface area contributed by atoms with Crippen molar-refractivity contribution < 1.29 is 4.42 Å². The molecule has 266 valence electrons. The summed E-state index contributed by atoms with van der Waals surface area (Å²) in [5, 5.41) is 7.08.